The van der Waals surface area contributed by atoms with E-state index in [-0.39, 0.29) is 30.2 Å². The second-order valence-electron chi connectivity index (χ2n) is 10.7. The fraction of sp³-hybridized carbons (Fsp3) is 0.500. The van der Waals surface area contributed by atoms with Gasteiger partial charge >= 0.3 is 0 Å². The first-order valence-electron chi connectivity index (χ1n) is 11.6. The van der Waals surface area contributed by atoms with Crippen LogP contribution in [-0.2, 0) is 19.8 Å². The summed E-state index contributed by atoms with van der Waals surface area (Å²) in [7, 11) is 0. The van der Waals surface area contributed by atoms with Crippen LogP contribution in [0.3, 0.4) is 0 Å². The third-order valence-electron chi connectivity index (χ3n) is 7.86. The lowest BCUT2D eigenvalue weighted by Gasteiger charge is -2.45. The predicted molar refractivity (Wildman–Crippen MR) is 126 cm³/mol. The quantitative estimate of drug-likeness (QED) is 0.692. The molecule has 2 N–H and O–H groups in total. The van der Waals surface area contributed by atoms with E-state index in [0.29, 0.717) is 24.4 Å². The highest BCUT2D eigenvalue weighted by Crippen LogP contribution is 2.55. The van der Waals surface area contributed by atoms with Gasteiger partial charge in [0.15, 0.2) is 0 Å². The fourth-order valence-corrected chi connectivity index (χ4v) is 5.79. The molecule has 4 aliphatic rings. The first kappa shape index (κ1) is 21.7. The minimum atomic E-state index is -1.08. The number of benzene rings is 1. The van der Waals surface area contributed by atoms with Crippen molar-refractivity contribution in [2.75, 3.05) is 11.9 Å². The first-order chi connectivity index (χ1) is 15.5. The molecule has 33 heavy (non-hydrogen) atoms. The molecule has 174 valence electrons. The number of nitrogens with zero attached hydrogens (tertiary/aromatic N) is 1. The van der Waals surface area contributed by atoms with Gasteiger partial charge in [-0.3, -0.25) is 14.4 Å². The van der Waals surface area contributed by atoms with Gasteiger partial charge in [0.2, 0.25) is 17.7 Å². The molecule has 0 radical (unpaired) electrons. The van der Waals surface area contributed by atoms with Crippen LogP contribution in [0, 0.1) is 5.41 Å². The maximum atomic E-state index is 13.7. The van der Waals surface area contributed by atoms with E-state index >= 15 is 0 Å². The fourth-order valence-electron chi connectivity index (χ4n) is 5.79. The Bertz CT molecular complexity index is 1120. The van der Waals surface area contributed by atoms with Gasteiger partial charge in [-0.05, 0) is 50.8 Å². The van der Waals surface area contributed by atoms with E-state index in [0.717, 1.165) is 17.5 Å². The van der Waals surface area contributed by atoms with Crippen molar-refractivity contribution in [2.45, 2.75) is 70.1 Å². The number of fused-ring (bicyclic) bond motifs is 3. The zero-order chi connectivity index (χ0) is 23.8. The van der Waals surface area contributed by atoms with Crippen LogP contribution in [0.25, 0.3) is 6.08 Å². The number of rotatable bonds is 4. The Labute approximate surface area is 194 Å². The number of anilines is 1. The molecule has 3 amide bonds. The molecular weight excluding hydrogens is 418 g/mol. The summed E-state index contributed by atoms with van der Waals surface area (Å²) in [5, 5.41) is 5.97. The van der Waals surface area contributed by atoms with Crippen LogP contribution in [-0.4, -0.2) is 46.9 Å². The maximum Gasteiger partial charge on any atom is 0.245 e. The van der Waals surface area contributed by atoms with E-state index in [2.05, 4.69) is 17.2 Å². The third-order valence-corrected chi connectivity index (χ3v) is 7.86. The number of piperazine rings is 1. The highest BCUT2D eigenvalue weighted by molar-refractivity contribution is 6.08. The van der Waals surface area contributed by atoms with Crippen molar-refractivity contribution in [1.82, 2.24) is 10.2 Å². The second-order valence-corrected chi connectivity index (χ2v) is 10.7. The van der Waals surface area contributed by atoms with Crippen LogP contribution >= 0.6 is 0 Å². The first-order valence-corrected chi connectivity index (χ1v) is 11.6. The second kappa shape index (κ2) is 6.95. The summed E-state index contributed by atoms with van der Waals surface area (Å²) in [6.45, 7) is 12.5. The van der Waals surface area contributed by atoms with E-state index < -0.39 is 22.5 Å². The Morgan fingerprint density at radius 2 is 2.03 bits per heavy atom. The van der Waals surface area contributed by atoms with Gasteiger partial charge in [-0.15, -0.1) is 6.58 Å². The summed E-state index contributed by atoms with van der Waals surface area (Å²) in [6, 6.07) is 2.68. The molecule has 4 aliphatic heterocycles. The minimum Gasteiger partial charge on any atom is -0.483 e. The molecule has 3 atom stereocenters. The van der Waals surface area contributed by atoms with Crippen molar-refractivity contribution in [3.8, 4) is 5.75 Å². The average Bonchev–Trinajstić information content (AvgIpc) is 3.34. The highest BCUT2D eigenvalue weighted by Gasteiger charge is 2.58. The lowest BCUT2D eigenvalue weighted by Crippen LogP contribution is -2.63. The summed E-state index contributed by atoms with van der Waals surface area (Å²) >= 11 is 0. The monoisotopic (exact) mass is 449 g/mol. The Morgan fingerprint density at radius 1 is 1.27 bits per heavy atom. The molecule has 7 heteroatoms. The molecule has 0 saturated carbocycles. The summed E-state index contributed by atoms with van der Waals surface area (Å²) in [6.07, 6.45) is 7.43. The van der Waals surface area contributed by atoms with Gasteiger partial charge in [0, 0.05) is 29.3 Å². The Hall–Kier alpha value is -3.09. The van der Waals surface area contributed by atoms with Crippen LogP contribution in [0.5, 0.6) is 5.75 Å². The number of carbonyl (C=O) groups is 3. The molecule has 2 fully saturated rings. The van der Waals surface area contributed by atoms with Crippen LogP contribution in [0.4, 0.5) is 5.69 Å². The van der Waals surface area contributed by atoms with E-state index in [4.69, 9.17) is 4.74 Å². The molecule has 5 rings (SSSR count). The topological polar surface area (TPSA) is 87.7 Å². The van der Waals surface area contributed by atoms with Gasteiger partial charge < -0.3 is 20.3 Å². The summed E-state index contributed by atoms with van der Waals surface area (Å²) in [4.78, 5) is 41.5. The summed E-state index contributed by atoms with van der Waals surface area (Å²) in [5.41, 5.74) is 0.143. The molecule has 1 aromatic rings. The molecule has 0 bridgehead atoms. The molecule has 0 aromatic heterocycles. The normalized spacial score (nSPS) is 29.6. The molecule has 4 heterocycles. The molecule has 0 unspecified atom stereocenters. The Morgan fingerprint density at radius 3 is 2.76 bits per heavy atom. The lowest BCUT2D eigenvalue weighted by molar-refractivity contribution is -0.148. The standard InChI is InChI=1S/C26H31N3O4/c1-6-24(2,3)26(14-18-22(31)29-11-7-8-19(29)21(30)27-18)16-12-15-9-10-25(4,5)33-20(15)13-17(16)28-23(26)32/h6,9-10,12-13,18-19H,1,7-8,11,14H2,2-5H3,(H,27,30)(H,28,32)/t18-,19+,26+/m1/s1. The average molecular weight is 450 g/mol. The molecule has 7 nitrogen and oxygen atoms in total. The predicted octanol–water partition coefficient (Wildman–Crippen LogP) is 3.15. The lowest BCUT2D eigenvalue weighted by atomic mass is 9.59. The van der Waals surface area contributed by atoms with Crippen molar-refractivity contribution in [3.05, 3.63) is 42.0 Å². The van der Waals surface area contributed by atoms with E-state index in [9.17, 15) is 14.4 Å². The molecule has 0 spiro atoms. The van der Waals surface area contributed by atoms with Crippen molar-refractivity contribution in [1.29, 1.82) is 0 Å². The number of ether oxygens (including phenoxy) is 1. The van der Waals surface area contributed by atoms with Gasteiger partial charge in [0.25, 0.3) is 0 Å². The highest BCUT2D eigenvalue weighted by atomic mass is 16.5. The number of nitrogens with one attached hydrogen (secondary N) is 2. The van der Waals surface area contributed by atoms with Crippen LogP contribution in [0.15, 0.2) is 30.9 Å². The molecule has 1 aromatic carbocycles. The number of carbonyl (C=O) groups excluding carboxylic acids is 3. The Kier molecular flexibility index (Phi) is 4.58. The minimum absolute atomic E-state index is 0.111. The van der Waals surface area contributed by atoms with Gasteiger partial charge in [0.1, 0.15) is 23.4 Å². The maximum absolute atomic E-state index is 13.7. The number of amides is 3. The van der Waals surface area contributed by atoms with Gasteiger partial charge in [-0.2, -0.15) is 0 Å². The van der Waals surface area contributed by atoms with Crippen molar-refractivity contribution >= 4 is 29.5 Å². The largest absolute Gasteiger partial charge is 0.483 e. The third kappa shape index (κ3) is 3.05. The van der Waals surface area contributed by atoms with Crippen molar-refractivity contribution < 1.29 is 19.1 Å². The van der Waals surface area contributed by atoms with Crippen molar-refractivity contribution in [3.63, 3.8) is 0 Å². The zero-order valence-electron chi connectivity index (χ0n) is 19.7. The van der Waals surface area contributed by atoms with Crippen LogP contribution in [0.2, 0.25) is 0 Å². The van der Waals surface area contributed by atoms with E-state index in [1.807, 2.05) is 52.0 Å². The SMILES string of the molecule is C=CC(C)(C)[C@]1(C[C@H]2NC(=O)[C@@H]3CCCN3C2=O)C(=O)Nc2cc3c(cc21)C=CC(C)(C)O3. The van der Waals surface area contributed by atoms with Crippen LogP contribution < -0.4 is 15.4 Å². The van der Waals surface area contributed by atoms with Crippen LogP contribution in [0.1, 0.15) is 58.1 Å². The van der Waals surface area contributed by atoms with E-state index in [1.165, 1.54) is 0 Å². The number of allylic oxidation sites excluding steroid dienone is 1. The van der Waals surface area contributed by atoms with Gasteiger partial charge in [-0.25, -0.2) is 0 Å². The summed E-state index contributed by atoms with van der Waals surface area (Å²) < 4.78 is 6.11. The van der Waals surface area contributed by atoms with Gasteiger partial charge in [0.05, 0.1) is 5.41 Å². The van der Waals surface area contributed by atoms with E-state index in [1.54, 1.807) is 11.0 Å². The molecule has 2 saturated heterocycles. The molecular formula is C26H31N3O4. The smallest absolute Gasteiger partial charge is 0.245 e. The van der Waals surface area contributed by atoms with Crippen molar-refractivity contribution in [2.24, 2.45) is 5.41 Å². The summed E-state index contributed by atoms with van der Waals surface area (Å²) in [5.74, 6) is 0.265. The number of hydrogen-bond acceptors (Lipinski definition) is 4. The van der Waals surface area contributed by atoms with Gasteiger partial charge in [-0.1, -0.05) is 26.0 Å². The zero-order valence-corrected chi connectivity index (χ0v) is 19.7. The number of hydrogen-bond donors (Lipinski definition) is 2. The Balaban J connectivity index is 1.61. The molecule has 0 aliphatic carbocycles.